The molecule has 0 atom stereocenters. The van der Waals surface area contributed by atoms with Crippen LogP contribution in [-0.4, -0.2) is 35.8 Å². The fourth-order valence-corrected chi connectivity index (χ4v) is 5.30. The highest BCUT2D eigenvalue weighted by molar-refractivity contribution is 5.93. The summed E-state index contributed by atoms with van der Waals surface area (Å²) in [4.78, 5) is 36.1. The van der Waals surface area contributed by atoms with Crippen LogP contribution in [0.5, 0.6) is 34.5 Å². The number of halogens is 1. The molecular formula is C42H39FN4O6. The average molecular weight is 715 g/mol. The van der Waals surface area contributed by atoms with E-state index in [1.807, 2.05) is 91.0 Å². The maximum atomic E-state index is 12.7. The van der Waals surface area contributed by atoms with Gasteiger partial charge in [-0.15, -0.1) is 0 Å². The van der Waals surface area contributed by atoms with Crippen LogP contribution in [0.1, 0.15) is 25.0 Å². The van der Waals surface area contributed by atoms with Gasteiger partial charge in [-0.2, -0.15) is 0 Å². The first-order valence-electron chi connectivity index (χ1n) is 16.7. The lowest BCUT2D eigenvalue weighted by atomic mass is 10.1. The molecular weight excluding hydrogens is 675 g/mol. The SMILES string of the molecule is CC(=O)N(Cc1ccccc1OCF)c1cnccc1Oc1ccccc1.COc1ccccc1CN(C(C)=O)c1cnccc1Oc1ccccc1. The van der Waals surface area contributed by atoms with E-state index in [-0.39, 0.29) is 18.4 Å². The Morgan fingerprint density at radius 1 is 0.566 bits per heavy atom. The van der Waals surface area contributed by atoms with Crippen molar-refractivity contribution in [1.82, 2.24) is 9.97 Å². The Labute approximate surface area is 308 Å². The molecule has 2 aromatic heterocycles. The zero-order valence-corrected chi connectivity index (χ0v) is 29.6. The van der Waals surface area contributed by atoms with E-state index in [0.717, 1.165) is 11.3 Å². The van der Waals surface area contributed by atoms with Crippen molar-refractivity contribution in [2.24, 2.45) is 0 Å². The van der Waals surface area contributed by atoms with Crippen molar-refractivity contribution in [2.45, 2.75) is 26.9 Å². The van der Waals surface area contributed by atoms with Crippen LogP contribution >= 0.6 is 0 Å². The smallest absolute Gasteiger partial charge is 0.228 e. The first-order chi connectivity index (χ1) is 25.9. The van der Waals surface area contributed by atoms with Crippen LogP contribution in [0.3, 0.4) is 0 Å². The summed E-state index contributed by atoms with van der Waals surface area (Å²) in [7, 11) is 1.62. The minimum absolute atomic E-state index is 0.109. The second kappa shape index (κ2) is 19.0. The second-order valence-electron chi connectivity index (χ2n) is 11.4. The van der Waals surface area contributed by atoms with Gasteiger partial charge in [0.25, 0.3) is 0 Å². The lowest BCUT2D eigenvalue weighted by molar-refractivity contribution is -0.117. The molecule has 6 aromatic rings. The quantitative estimate of drug-likeness (QED) is 0.117. The predicted molar refractivity (Wildman–Crippen MR) is 201 cm³/mol. The summed E-state index contributed by atoms with van der Waals surface area (Å²) < 4.78 is 35.0. The molecule has 0 radical (unpaired) electrons. The van der Waals surface area contributed by atoms with Crippen molar-refractivity contribution in [3.05, 3.63) is 157 Å². The monoisotopic (exact) mass is 714 g/mol. The number of carbonyl (C=O) groups is 2. The molecule has 0 aliphatic carbocycles. The number of alkyl halides is 1. The number of benzene rings is 4. The number of pyridine rings is 2. The maximum absolute atomic E-state index is 12.7. The Hall–Kier alpha value is -6.75. The molecule has 0 saturated heterocycles. The molecule has 0 spiro atoms. The third kappa shape index (κ3) is 10.4. The van der Waals surface area contributed by atoms with E-state index in [0.29, 0.717) is 52.2 Å². The van der Waals surface area contributed by atoms with Crippen LogP contribution in [0, 0.1) is 0 Å². The lowest BCUT2D eigenvalue weighted by Gasteiger charge is -2.24. The van der Waals surface area contributed by atoms with Gasteiger partial charge >= 0.3 is 0 Å². The van der Waals surface area contributed by atoms with Gasteiger partial charge in [0.2, 0.25) is 18.7 Å². The topological polar surface area (TPSA) is 103 Å². The number of carbonyl (C=O) groups excluding carboxylic acids is 2. The van der Waals surface area contributed by atoms with Crippen LogP contribution in [0.15, 0.2) is 146 Å². The van der Waals surface area contributed by atoms with Crippen LogP contribution in [0.4, 0.5) is 15.8 Å². The molecule has 0 unspecified atom stereocenters. The van der Waals surface area contributed by atoms with Gasteiger partial charge in [-0.25, -0.2) is 4.39 Å². The molecule has 0 bridgehead atoms. The van der Waals surface area contributed by atoms with E-state index < -0.39 is 6.86 Å². The summed E-state index contributed by atoms with van der Waals surface area (Å²) in [5.74, 6) is 3.22. The van der Waals surface area contributed by atoms with Gasteiger partial charge < -0.3 is 28.7 Å². The minimum Gasteiger partial charge on any atom is -0.496 e. The number of hydrogen-bond acceptors (Lipinski definition) is 8. The molecule has 2 heterocycles. The van der Waals surface area contributed by atoms with Crippen molar-refractivity contribution in [3.63, 3.8) is 0 Å². The molecule has 0 saturated carbocycles. The fraction of sp³-hybridized carbons (Fsp3) is 0.143. The summed E-state index contributed by atoms with van der Waals surface area (Å²) in [6, 6.07) is 36.8. The molecule has 0 N–H and O–H groups in total. The number of ether oxygens (including phenoxy) is 4. The van der Waals surface area contributed by atoms with Gasteiger partial charge in [0, 0.05) is 49.5 Å². The van der Waals surface area contributed by atoms with E-state index in [4.69, 9.17) is 18.9 Å². The number of nitrogens with zero attached hydrogens (tertiary/aromatic N) is 4. The van der Waals surface area contributed by atoms with Crippen LogP contribution in [-0.2, 0) is 22.7 Å². The van der Waals surface area contributed by atoms with Crippen molar-refractivity contribution >= 4 is 23.2 Å². The fourth-order valence-electron chi connectivity index (χ4n) is 5.30. The van der Waals surface area contributed by atoms with Crippen molar-refractivity contribution in [1.29, 1.82) is 0 Å². The molecule has 11 heteroatoms. The van der Waals surface area contributed by atoms with E-state index in [9.17, 15) is 14.0 Å². The summed E-state index contributed by atoms with van der Waals surface area (Å²) in [5.41, 5.74) is 2.71. The predicted octanol–water partition coefficient (Wildman–Crippen LogP) is 9.17. The number of aromatic nitrogens is 2. The van der Waals surface area contributed by atoms with Gasteiger partial charge in [0.1, 0.15) is 34.4 Å². The number of rotatable bonds is 13. The molecule has 53 heavy (non-hydrogen) atoms. The van der Waals surface area contributed by atoms with Gasteiger partial charge in [-0.05, 0) is 36.4 Å². The summed E-state index contributed by atoms with van der Waals surface area (Å²) >= 11 is 0. The number of hydrogen-bond donors (Lipinski definition) is 0. The van der Waals surface area contributed by atoms with Gasteiger partial charge in [0.15, 0.2) is 11.5 Å². The molecule has 4 aromatic carbocycles. The number of methoxy groups -OCH3 is 1. The number of anilines is 2. The van der Waals surface area contributed by atoms with Crippen molar-refractivity contribution in [2.75, 3.05) is 23.8 Å². The van der Waals surface area contributed by atoms with Crippen LogP contribution in [0.2, 0.25) is 0 Å². The van der Waals surface area contributed by atoms with Crippen LogP contribution < -0.4 is 28.7 Å². The molecule has 2 amide bonds. The highest BCUT2D eigenvalue weighted by atomic mass is 19.1. The maximum Gasteiger partial charge on any atom is 0.228 e. The third-order valence-electron chi connectivity index (χ3n) is 7.84. The minimum atomic E-state index is -0.938. The number of amides is 2. The Morgan fingerprint density at radius 2 is 0.981 bits per heavy atom. The first kappa shape index (κ1) is 37.5. The van der Waals surface area contributed by atoms with E-state index in [1.165, 1.54) is 18.7 Å². The highest BCUT2D eigenvalue weighted by Gasteiger charge is 2.21. The first-order valence-corrected chi connectivity index (χ1v) is 16.7. The zero-order valence-electron chi connectivity index (χ0n) is 29.6. The van der Waals surface area contributed by atoms with Gasteiger partial charge in [-0.3, -0.25) is 19.6 Å². The average Bonchev–Trinajstić information content (AvgIpc) is 3.18. The Morgan fingerprint density at radius 3 is 1.42 bits per heavy atom. The zero-order chi connectivity index (χ0) is 37.4. The molecule has 0 aliphatic heterocycles. The second-order valence-corrected chi connectivity index (χ2v) is 11.4. The van der Waals surface area contributed by atoms with Gasteiger partial charge in [0.05, 0.1) is 32.6 Å². The lowest BCUT2D eigenvalue weighted by Crippen LogP contribution is -2.28. The third-order valence-corrected chi connectivity index (χ3v) is 7.84. The molecule has 6 rings (SSSR count). The molecule has 10 nitrogen and oxygen atoms in total. The normalized spacial score (nSPS) is 10.3. The van der Waals surface area contributed by atoms with E-state index >= 15 is 0 Å². The summed E-state index contributed by atoms with van der Waals surface area (Å²) in [6.45, 7) is 2.59. The molecule has 0 aliphatic rings. The standard InChI is InChI=1S/C21H19FN2O3.C21H20N2O3/c1-16(25)24(14-17-7-5-6-10-20(17)26-15-22)19-13-23-12-11-21(19)27-18-8-3-2-4-9-18;1-16(24)23(15-17-8-6-7-11-20(17)25-2)19-14-22-13-12-21(19)26-18-9-4-3-5-10-18/h2-13H,14-15H2,1H3;3-14H,15H2,1-2H3. The Bertz CT molecular complexity index is 2080. The van der Waals surface area contributed by atoms with Crippen molar-refractivity contribution < 1.29 is 32.9 Å². The largest absolute Gasteiger partial charge is 0.496 e. The number of para-hydroxylation sites is 4. The summed E-state index contributed by atoms with van der Waals surface area (Å²) in [6.07, 6.45) is 6.44. The van der Waals surface area contributed by atoms with E-state index in [1.54, 1.807) is 67.1 Å². The Balaban J connectivity index is 0.000000204. The highest BCUT2D eigenvalue weighted by Crippen LogP contribution is 2.35. The van der Waals surface area contributed by atoms with Gasteiger partial charge in [-0.1, -0.05) is 72.8 Å². The molecule has 0 fully saturated rings. The Kier molecular flexibility index (Phi) is 13.5. The summed E-state index contributed by atoms with van der Waals surface area (Å²) in [5, 5.41) is 0. The van der Waals surface area contributed by atoms with E-state index in [2.05, 4.69) is 9.97 Å². The van der Waals surface area contributed by atoms with Crippen molar-refractivity contribution in [3.8, 4) is 34.5 Å². The van der Waals surface area contributed by atoms with Crippen LogP contribution in [0.25, 0.3) is 0 Å². The molecule has 270 valence electrons.